The van der Waals surface area contributed by atoms with Gasteiger partial charge in [-0.1, -0.05) is 23.8 Å². The largest absolute Gasteiger partial charge is 0.504 e. The Labute approximate surface area is 297 Å². The fraction of sp³-hybridized carbons (Fsp3) is 0.273. The topological polar surface area (TPSA) is 145 Å². The van der Waals surface area contributed by atoms with Crippen LogP contribution in [0.1, 0.15) is 24.3 Å². The first-order chi connectivity index (χ1) is 22.7. The van der Waals surface area contributed by atoms with Gasteiger partial charge in [0, 0.05) is 5.92 Å². The third-order valence-electron chi connectivity index (χ3n) is 9.93. The molecular weight excluding hydrogens is 780 g/mol. The molecule has 1 saturated carbocycles. The molecule has 4 amide bonds. The van der Waals surface area contributed by atoms with Gasteiger partial charge in [0.25, 0.3) is 11.8 Å². The Balaban J connectivity index is 1.40. The number of rotatable bonds is 5. The highest BCUT2D eigenvalue weighted by molar-refractivity contribution is 14.1. The van der Waals surface area contributed by atoms with E-state index >= 15 is 0 Å². The van der Waals surface area contributed by atoms with Crippen molar-refractivity contribution in [1.82, 2.24) is 0 Å². The van der Waals surface area contributed by atoms with Crippen molar-refractivity contribution in [3.05, 3.63) is 87.3 Å². The minimum atomic E-state index is -2.16. The minimum Gasteiger partial charge on any atom is -0.504 e. The summed E-state index contributed by atoms with van der Waals surface area (Å²) in [5.41, 5.74) is 1.19. The Morgan fingerprint density at radius 3 is 2.31 bits per heavy atom. The van der Waals surface area contributed by atoms with Gasteiger partial charge in [0.2, 0.25) is 11.8 Å². The zero-order valence-corrected chi connectivity index (χ0v) is 28.6. The number of ether oxygens (including phenoxy) is 1. The van der Waals surface area contributed by atoms with Crippen LogP contribution in [0.3, 0.4) is 0 Å². The van der Waals surface area contributed by atoms with E-state index < -0.39 is 70.0 Å². The van der Waals surface area contributed by atoms with Crippen LogP contribution >= 0.6 is 45.8 Å². The molecule has 0 radical (unpaired) electrons. The number of hydrogen-bond acceptors (Lipinski definition) is 8. The van der Waals surface area contributed by atoms with Crippen molar-refractivity contribution in [2.75, 3.05) is 16.9 Å². The molecule has 10 nitrogen and oxygen atoms in total. The van der Waals surface area contributed by atoms with Gasteiger partial charge in [-0.05, 0) is 101 Å². The molecule has 0 bridgehead atoms. The number of phenolic OH excluding ortho intramolecular Hbond substituents is 1. The Kier molecular flexibility index (Phi) is 7.94. The number of hydrogen-bond donors (Lipinski definition) is 3. The molecule has 2 aliphatic carbocycles. The van der Waals surface area contributed by atoms with Crippen LogP contribution in [0.25, 0.3) is 0 Å². The molecule has 6 atom stereocenters. The van der Waals surface area contributed by atoms with Crippen molar-refractivity contribution in [2.45, 2.75) is 28.5 Å². The molecule has 3 fully saturated rings. The Bertz CT molecular complexity index is 1960. The lowest BCUT2D eigenvalue weighted by molar-refractivity contribution is -0.125. The van der Waals surface area contributed by atoms with Crippen molar-refractivity contribution >= 4 is 93.4 Å². The molecule has 7 rings (SSSR count). The van der Waals surface area contributed by atoms with Gasteiger partial charge in [-0.2, -0.15) is 0 Å². The molecule has 4 aliphatic rings. The second-order valence-electron chi connectivity index (χ2n) is 12.3. The van der Waals surface area contributed by atoms with Gasteiger partial charge in [0.1, 0.15) is 5.82 Å². The molecule has 0 unspecified atom stereocenters. The molecule has 3 aromatic carbocycles. The molecule has 3 aromatic rings. The minimum absolute atomic E-state index is 0.0524. The number of anilines is 2. The van der Waals surface area contributed by atoms with Gasteiger partial charge in [-0.15, -0.1) is 23.2 Å². The first-order valence-electron chi connectivity index (χ1n) is 14.9. The summed E-state index contributed by atoms with van der Waals surface area (Å²) in [5, 5.41) is 30.1. The third kappa shape index (κ3) is 4.50. The van der Waals surface area contributed by atoms with Crippen LogP contribution in [0.15, 0.2) is 72.3 Å². The van der Waals surface area contributed by atoms with E-state index in [1.54, 1.807) is 12.1 Å². The average Bonchev–Trinajstić information content (AvgIpc) is 3.40. The van der Waals surface area contributed by atoms with E-state index in [-0.39, 0.29) is 41.2 Å². The number of carbonyl (C=O) groups is 4. The number of halogens is 4. The Morgan fingerprint density at radius 1 is 0.938 bits per heavy atom. The summed E-state index contributed by atoms with van der Waals surface area (Å²) in [6.07, 6.45) is 1.59. The summed E-state index contributed by atoms with van der Waals surface area (Å²) >= 11 is 16.7. The van der Waals surface area contributed by atoms with Crippen LogP contribution in [0.4, 0.5) is 15.8 Å². The van der Waals surface area contributed by atoms with E-state index in [4.69, 9.17) is 27.9 Å². The highest BCUT2D eigenvalue weighted by Gasteiger charge is 2.76. The lowest BCUT2D eigenvalue weighted by atomic mass is 9.56. The fourth-order valence-corrected chi connectivity index (χ4v) is 9.33. The Morgan fingerprint density at radius 2 is 1.65 bits per heavy atom. The van der Waals surface area contributed by atoms with Gasteiger partial charge in [0.05, 0.1) is 33.9 Å². The number of nitrogens with zero attached hydrogens (tertiary/aromatic N) is 2. The number of fused-ring (bicyclic) bond motifs is 4. The predicted molar refractivity (Wildman–Crippen MR) is 183 cm³/mol. The number of methoxy groups -OCH3 is 1. The van der Waals surface area contributed by atoms with Crippen LogP contribution in [-0.2, 0) is 19.2 Å². The summed E-state index contributed by atoms with van der Waals surface area (Å²) in [7, 11) is -0.478. The highest BCUT2D eigenvalue weighted by Crippen LogP contribution is 2.66. The zero-order valence-electron chi connectivity index (χ0n) is 24.9. The van der Waals surface area contributed by atoms with E-state index in [2.05, 4.69) is 0 Å². The second-order valence-corrected chi connectivity index (χ2v) is 14.7. The maximum atomic E-state index is 14.5. The zero-order chi connectivity index (χ0) is 34.4. The van der Waals surface area contributed by atoms with Crippen molar-refractivity contribution in [3.63, 3.8) is 0 Å². The smallest absolute Gasteiger partial charge is 0.488 e. The van der Waals surface area contributed by atoms with E-state index in [0.29, 0.717) is 14.7 Å². The van der Waals surface area contributed by atoms with Crippen LogP contribution in [-0.4, -0.2) is 62.8 Å². The second kappa shape index (κ2) is 11.5. The average molecular weight is 805 g/mol. The number of phenols is 1. The van der Waals surface area contributed by atoms with Crippen LogP contribution in [0.5, 0.6) is 11.5 Å². The van der Waals surface area contributed by atoms with Gasteiger partial charge in [-0.3, -0.25) is 24.1 Å². The number of aromatic hydroxyl groups is 1. The molecule has 246 valence electrons. The molecule has 0 spiro atoms. The number of carbonyl (C=O) groups excluding carboxylic acids is 4. The first kappa shape index (κ1) is 33.0. The van der Waals surface area contributed by atoms with Crippen molar-refractivity contribution in [1.29, 1.82) is 0 Å². The maximum Gasteiger partial charge on any atom is 0.488 e. The Hall–Kier alpha value is -3.50. The van der Waals surface area contributed by atoms with E-state index in [9.17, 15) is 38.7 Å². The number of amides is 4. The standard InChI is InChI=1S/C33H25BCl2FIN2O8/c1-48-24-12-15(11-23(38)27(24)41)26-20-9-10-21-25(29(43)39(28(21)42)19-4-2-3-16(13-19)34(46)47)22(20)14-32(35)30(44)40(31(45)33(26,32)36)18-7-5-17(37)6-8-18/h2-9,11-13,21-22,25-26,41,46-47H,10,14H2,1H3/t21-,22+,25-,26-,32+,33-/m0/s1. The molecular formula is C33H25BCl2FIN2O8. The molecule has 2 aliphatic heterocycles. The quantitative estimate of drug-likeness (QED) is 0.117. The van der Waals surface area contributed by atoms with Crippen molar-refractivity contribution in [3.8, 4) is 11.5 Å². The number of alkyl halides is 2. The summed E-state index contributed by atoms with van der Waals surface area (Å²) in [6, 6.07) is 13.6. The summed E-state index contributed by atoms with van der Waals surface area (Å²) in [4.78, 5) is 54.6. The molecule has 48 heavy (non-hydrogen) atoms. The maximum absolute atomic E-state index is 14.5. The van der Waals surface area contributed by atoms with E-state index in [1.807, 2.05) is 22.6 Å². The molecule has 3 N–H and O–H groups in total. The van der Waals surface area contributed by atoms with Crippen molar-refractivity contribution in [2.24, 2.45) is 17.8 Å². The van der Waals surface area contributed by atoms with E-state index in [1.165, 1.54) is 49.6 Å². The van der Waals surface area contributed by atoms with Crippen LogP contribution < -0.4 is 20.0 Å². The monoisotopic (exact) mass is 804 g/mol. The lowest BCUT2D eigenvalue weighted by Crippen LogP contribution is -2.60. The van der Waals surface area contributed by atoms with Crippen molar-refractivity contribution < 1.29 is 43.5 Å². The fourth-order valence-electron chi connectivity index (χ4n) is 7.77. The molecule has 2 heterocycles. The summed E-state index contributed by atoms with van der Waals surface area (Å²) in [5.74, 6) is -7.27. The van der Waals surface area contributed by atoms with Gasteiger partial charge < -0.3 is 19.9 Å². The van der Waals surface area contributed by atoms with Gasteiger partial charge in [0.15, 0.2) is 21.2 Å². The third-order valence-corrected chi connectivity index (χ3v) is 12.2. The van der Waals surface area contributed by atoms with E-state index in [0.717, 1.165) is 21.9 Å². The highest BCUT2D eigenvalue weighted by atomic mass is 127. The molecule has 15 heteroatoms. The predicted octanol–water partition coefficient (Wildman–Crippen LogP) is 3.59. The van der Waals surface area contributed by atoms with Crippen LogP contribution in [0.2, 0.25) is 0 Å². The van der Waals surface area contributed by atoms with Crippen LogP contribution in [0, 0.1) is 27.1 Å². The number of allylic oxidation sites excluding steroid dienone is 2. The lowest BCUT2D eigenvalue weighted by Gasteiger charge is -2.50. The van der Waals surface area contributed by atoms with Gasteiger partial charge in [-0.25, -0.2) is 9.29 Å². The first-order valence-corrected chi connectivity index (χ1v) is 16.7. The number of benzene rings is 3. The van der Waals surface area contributed by atoms with Gasteiger partial charge >= 0.3 is 7.12 Å². The molecule has 2 saturated heterocycles. The normalized spacial score (nSPS) is 29.4. The summed E-state index contributed by atoms with van der Waals surface area (Å²) < 4.78 is 19.6. The SMILES string of the molecule is COc1cc([C@H]2C3=CC[C@@H]4C(=O)N(c5cccc(B(O)O)c5)C(=O)[C@@H]4[C@@H]3C[C@@]3(Cl)C(=O)N(c4ccc(F)cc4)C(=O)[C@@]23Cl)cc(I)c1O. The number of imide groups is 2. The molecule has 0 aromatic heterocycles. The summed E-state index contributed by atoms with van der Waals surface area (Å²) in [6.45, 7) is 0.